The molecular weight excluding hydrogens is 558 g/mol. The summed E-state index contributed by atoms with van der Waals surface area (Å²) in [6.45, 7) is 0. The minimum atomic E-state index is -1.07. The first kappa shape index (κ1) is 25.2. The van der Waals surface area contributed by atoms with Crippen LogP contribution in [0.1, 0.15) is 27.7 Å². The third kappa shape index (κ3) is 4.67. The average Bonchev–Trinajstić information content (AvgIpc) is 3.64. The van der Waals surface area contributed by atoms with E-state index in [1.165, 1.54) is 28.8 Å². The fourth-order valence-corrected chi connectivity index (χ4v) is 6.54. The van der Waals surface area contributed by atoms with Crippen molar-refractivity contribution in [2.24, 2.45) is 0 Å². The Bertz CT molecular complexity index is 1750. The number of fused-ring (bicyclic) bond motifs is 1. The predicted molar refractivity (Wildman–Crippen MR) is 149 cm³/mol. The molecule has 1 amide bonds. The summed E-state index contributed by atoms with van der Waals surface area (Å²) in [6.07, 6.45) is 0. The number of phenolic OH excluding ortho intramolecular Hbond substituents is 1. The number of carbonyl (C=O) groups excluding carboxylic acids is 2. The number of ketones is 1. The highest BCUT2D eigenvalue weighted by atomic mass is 35.5. The number of aromatic hydroxyl groups is 1. The zero-order valence-corrected chi connectivity index (χ0v) is 22.3. The molecule has 0 aliphatic carbocycles. The number of hydrogen-bond donors (Lipinski definition) is 2. The third-order valence-corrected chi connectivity index (χ3v) is 8.67. The van der Waals surface area contributed by atoms with Gasteiger partial charge in [-0.05, 0) is 41.5 Å². The number of thioether (sulfide) groups is 1. The maximum Gasteiger partial charge on any atom is 0.296 e. The van der Waals surface area contributed by atoms with Gasteiger partial charge in [-0.25, -0.2) is 0 Å². The highest BCUT2D eigenvalue weighted by Crippen LogP contribution is 2.44. The van der Waals surface area contributed by atoms with Crippen LogP contribution >= 0.6 is 34.7 Å². The molecule has 2 aromatic heterocycles. The van der Waals surface area contributed by atoms with E-state index in [2.05, 4.69) is 10.2 Å². The van der Waals surface area contributed by atoms with Gasteiger partial charge in [0.25, 0.3) is 5.91 Å². The number of rotatable bonds is 7. The molecule has 1 aliphatic rings. The topological polar surface area (TPSA) is 117 Å². The number of anilines is 1. The number of Topliss-reactive ketones (excluding diaryl/α,β-unsaturated/α-hetero) is 1. The molecule has 5 aromatic rings. The molecule has 3 aromatic carbocycles. The van der Waals surface area contributed by atoms with Gasteiger partial charge < -0.3 is 14.6 Å². The lowest BCUT2D eigenvalue weighted by Gasteiger charge is -2.23. The van der Waals surface area contributed by atoms with Crippen LogP contribution in [0.15, 0.2) is 99.0 Å². The number of phenols is 1. The molecule has 0 spiro atoms. The standard InChI is InChI=1S/C28H18ClN3O5S2/c29-19-10-3-1-7-17(19)14-38-28-31-30-27(39-28)32-23(16-8-5-9-18(33)12-16)22(25(35)26(32)36)24(34)21-13-15-6-2-4-11-20(15)37-21/h1-13,23,33,35H,14H2. The molecule has 2 N–H and O–H groups in total. The molecule has 11 heteroatoms. The summed E-state index contributed by atoms with van der Waals surface area (Å²) >= 11 is 8.81. The summed E-state index contributed by atoms with van der Waals surface area (Å²) in [4.78, 5) is 28.3. The van der Waals surface area contributed by atoms with Crippen molar-refractivity contribution in [2.45, 2.75) is 16.1 Å². The van der Waals surface area contributed by atoms with E-state index in [0.29, 0.717) is 31.6 Å². The summed E-state index contributed by atoms with van der Waals surface area (Å²) in [5.41, 5.74) is 1.66. The summed E-state index contributed by atoms with van der Waals surface area (Å²) in [5, 5.41) is 31.1. The van der Waals surface area contributed by atoms with Gasteiger partial charge in [0.15, 0.2) is 15.9 Å². The SMILES string of the molecule is O=C(C1=C(O)C(=O)N(c2nnc(SCc3ccccc3Cl)s2)C1c1cccc(O)c1)c1cc2ccccc2o1. The Morgan fingerprint density at radius 3 is 2.62 bits per heavy atom. The molecule has 0 saturated carbocycles. The van der Waals surface area contributed by atoms with Crippen molar-refractivity contribution in [3.05, 3.63) is 112 Å². The molecule has 3 heterocycles. The number of furan rings is 1. The van der Waals surface area contributed by atoms with Crippen LogP contribution in [0.4, 0.5) is 5.13 Å². The van der Waals surface area contributed by atoms with Crippen molar-refractivity contribution >= 4 is 62.5 Å². The van der Waals surface area contributed by atoms with Crippen molar-refractivity contribution in [3.8, 4) is 5.75 Å². The number of aromatic nitrogens is 2. The summed E-state index contributed by atoms with van der Waals surface area (Å²) in [7, 11) is 0. The minimum absolute atomic E-state index is 0.0224. The van der Waals surface area contributed by atoms with E-state index >= 15 is 0 Å². The molecule has 1 unspecified atom stereocenters. The van der Waals surface area contributed by atoms with Gasteiger partial charge >= 0.3 is 0 Å². The molecule has 0 fully saturated rings. The number of aliphatic hydroxyl groups excluding tert-OH is 1. The first-order valence-electron chi connectivity index (χ1n) is 11.7. The van der Waals surface area contributed by atoms with Crippen LogP contribution in [-0.4, -0.2) is 32.1 Å². The quantitative estimate of drug-likeness (QED) is 0.125. The number of benzene rings is 3. The molecule has 0 radical (unpaired) electrons. The lowest BCUT2D eigenvalue weighted by atomic mass is 9.95. The zero-order chi connectivity index (χ0) is 27.1. The molecule has 1 aliphatic heterocycles. The van der Waals surface area contributed by atoms with Crippen LogP contribution in [0.25, 0.3) is 11.0 Å². The van der Waals surface area contributed by atoms with E-state index in [4.69, 9.17) is 16.0 Å². The first-order chi connectivity index (χ1) is 18.9. The largest absolute Gasteiger partial charge is 0.508 e. The Kier molecular flexibility index (Phi) is 6.59. The molecule has 194 valence electrons. The van der Waals surface area contributed by atoms with Crippen molar-refractivity contribution in [2.75, 3.05) is 4.90 Å². The van der Waals surface area contributed by atoms with Gasteiger partial charge in [0.05, 0.1) is 11.6 Å². The Morgan fingerprint density at radius 1 is 1.03 bits per heavy atom. The van der Waals surface area contributed by atoms with E-state index in [9.17, 15) is 19.8 Å². The molecule has 0 saturated heterocycles. The Hall–Kier alpha value is -4.12. The van der Waals surface area contributed by atoms with Crippen LogP contribution in [0.3, 0.4) is 0 Å². The molecule has 6 rings (SSSR count). The number of aliphatic hydroxyl groups is 1. The van der Waals surface area contributed by atoms with Crippen molar-refractivity contribution in [3.63, 3.8) is 0 Å². The maximum absolute atomic E-state index is 13.7. The average molecular weight is 576 g/mol. The van der Waals surface area contributed by atoms with Gasteiger partial charge in [-0.3, -0.25) is 14.5 Å². The van der Waals surface area contributed by atoms with Crippen molar-refractivity contribution < 1.29 is 24.2 Å². The molecule has 0 bridgehead atoms. The Morgan fingerprint density at radius 2 is 1.82 bits per heavy atom. The summed E-state index contributed by atoms with van der Waals surface area (Å²) < 4.78 is 6.32. The van der Waals surface area contributed by atoms with Crippen LogP contribution in [0.5, 0.6) is 5.75 Å². The second kappa shape index (κ2) is 10.2. The van der Waals surface area contributed by atoms with Gasteiger partial charge in [-0.15, -0.1) is 10.2 Å². The fraction of sp³-hybridized carbons (Fsp3) is 0.0714. The van der Waals surface area contributed by atoms with Crippen molar-refractivity contribution in [1.29, 1.82) is 0 Å². The van der Waals surface area contributed by atoms with Gasteiger partial charge in [-0.2, -0.15) is 0 Å². The lowest BCUT2D eigenvalue weighted by Crippen LogP contribution is -2.31. The van der Waals surface area contributed by atoms with Crippen LogP contribution < -0.4 is 4.90 Å². The number of halogens is 1. The van der Waals surface area contributed by atoms with E-state index < -0.39 is 23.5 Å². The van der Waals surface area contributed by atoms with Crippen molar-refractivity contribution in [1.82, 2.24) is 10.2 Å². The second-order valence-electron chi connectivity index (χ2n) is 8.64. The Labute approximate surface area is 235 Å². The number of amides is 1. The number of carbonyl (C=O) groups is 2. The van der Waals surface area contributed by atoms with Gasteiger partial charge in [0, 0.05) is 16.2 Å². The second-order valence-corrected chi connectivity index (χ2v) is 11.2. The van der Waals surface area contributed by atoms with Crippen LogP contribution in [0.2, 0.25) is 5.02 Å². The van der Waals surface area contributed by atoms with Gasteiger partial charge in [-0.1, -0.05) is 83.2 Å². The fourth-order valence-electron chi connectivity index (χ4n) is 4.38. The summed E-state index contributed by atoms with van der Waals surface area (Å²) in [5.74, 6) is -1.71. The molecular formula is C28H18ClN3O5S2. The maximum atomic E-state index is 13.7. The minimum Gasteiger partial charge on any atom is -0.508 e. The molecule has 1 atom stereocenters. The lowest BCUT2D eigenvalue weighted by molar-refractivity contribution is -0.117. The van der Waals surface area contributed by atoms with Gasteiger partial charge in [0.1, 0.15) is 11.3 Å². The van der Waals surface area contributed by atoms with E-state index in [0.717, 1.165) is 16.9 Å². The summed E-state index contributed by atoms with van der Waals surface area (Å²) in [6, 6.07) is 21.2. The normalized spacial score (nSPS) is 15.5. The third-order valence-electron chi connectivity index (χ3n) is 6.20. The first-order valence-corrected chi connectivity index (χ1v) is 13.9. The predicted octanol–water partition coefficient (Wildman–Crippen LogP) is 6.72. The van der Waals surface area contributed by atoms with E-state index in [1.807, 2.05) is 24.3 Å². The molecule has 8 nitrogen and oxygen atoms in total. The molecule has 39 heavy (non-hydrogen) atoms. The smallest absolute Gasteiger partial charge is 0.296 e. The number of para-hydroxylation sites is 1. The monoisotopic (exact) mass is 575 g/mol. The van der Waals surface area contributed by atoms with E-state index in [1.54, 1.807) is 42.5 Å². The zero-order valence-electron chi connectivity index (χ0n) is 19.9. The van der Waals surface area contributed by atoms with Crippen LogP contribution in [0, 0.1) is 0 Å². The highest BCUT2D eigenvalue weighted by molar-refractivity contribution is 8.00. The van der Waals surface area contributed by atoms with Gasteiger partial charge in [0.2, 0.25) is 10.9 Å². The number of hydrogen-bond acceptors (Lipinski definition) is 9. The Balaban J connectivity index is 1.37. The van der Waals surface area contributed by atoms with E-state index in [-0.39, 0.29) is 22.2 Å². The number of nitrogens with zero attached hydrogens (tertiary/aromatic N) is 3. The highest BCUT2D eigenvalue weighted by Gasteiger charge is 2.47. The van der Waals surface area contributed by atoms with Crippen LogP contribution in [-0.2, 0) is 10.5 Å².